The Kier molecular flexibility index (Phi) is 4.81. The minimum Gasteiger partial charge on any atom is -0.368 e. The number of nitrogens with two attached hydrogens (primary N) is 1. The molecule has 2 nitrogen and oxygen atoms in total. The van der Waals surface area contributed by atoms with E-state index >= 15 is 0 Å². The lowest BCUT2D eigenvalue weighted by molar-refractivity contribution is -0.137. The van der Waals surface area contributed by atoms with E-state index in [1.165, 1.54) is 6.07 Å². The number of hydrogen-bond acceptors (Lipinski definition) is 2. The van der Waals surface area contributed by atoms with Crippen molar-refractivity contribution in [1.29, 1.82) is 0 Å². The molecule has 5 heteroatoms. The van der Waals surface area contributed by atoms with Crippen molar-refractivity contribution in [2.75, 3.05) is 18.0 Å². The van der Waals surface area contributed by atoms with Crippen LogP contribution in [0.3, 0.4) is 0 Å². The largest absolute Gasteiger partial charge is 0.418 e. The lowest BCUT2D eigenvalue weighted by Gasteiger charge is -2.32. The highest BCUT2D eigenvalue weighted by Crippen LogP contribution is 2.40. The SMILES string of the molecule is CC(C)N(CC1CC1)c1ccc(CCN)cc1C(F)(F)F. The van der Waals surface area contributed by atoms with Gasteiger partial charge in [-0.15, -0.1) is 0 Å². The van der Waals surface area contributed by atoms with Crippen LogP contribution in [0.2, 0.25) is 0 Å². The van der Waals surface area contributed by atoms with Gasteiger partial charge >= 0.3 is 6.18 Å². The van der Waals surface area contributed by atoms with Crippen molar-refractivity contribution in [3.8, 4) is 0 Å². The van der Waals surface area contributed by atoms with Gasteiger partial charge in [0.25, 0.3) is 0 Å². The van der Waals surface area contributed by atoms with Crippen LogP contribution < -0.4 is 10.6 Å². The van der Waals surface area contributed by atoms with Crippen LogP contribution in [0.5, 0.6) is 0 Å². The van der Waals surface area contributed by atoms with Crippen molar-refractivity contribution in [2.45, 2.75) is 45.3 Å². The van der Waals surface area contributed by atoms with E-state index in [1.54, 1.807) is 12.1 Å². The molecule has 0 aromatic heterocycles. The number of alkyl halides is 3. The van der Waals surface area contributed by atoms with Crippen molar-refractivity contribution in [3.05, 3.63) is 29.3 Å². The molecule has 21 heavy (non-hydrogen) atoms. The van der Waals surface area contributed by atoms with E-state index in [9.17, 15) is 13.2 Å². The molecular formula is C16H23F3N2. The van der Waals surface area contributed by atoms with E-state index in [2.05, 4.69) is 0 Å². The average molecular weight is 300 g/mol. The summed E-state index contributed by atoms with van der Waals surface area (Å²) in [7, 11) is 0. The lowest BCUT2D eigenvalue weighted by Crippen LogP contribution is -2.34. The fourth-order valence-electron chi connectivity index (χ4n) is 2.55. The van der Waals surface area contributed by atoms with Crippen molar-refractivity contribution in [1.82, 2.24) is 0 Å². The third-order valence-electron chi connectivity index (χ3n) is 3.88. The first kappa shape index (κ1) is 16.1. The number of rotatable bonds is 6. The monoisotopic (exact) mass is 300 g/mol. The maximum Gasteiger partial charge on any atom is 0.418 e. The molecule has 0 bridgehead atoms. The number of hydrogen-bond donors (Lipinski definition) is 1. The molecule has 0 aliphatic heterocycles. The van der Waals surface area contributed by atoms with E-state index in [0.717, 1.165) is 12.8 Å². The van der Waals surface area contributed by atoms with Crippen LogP contribution in [-0.2, 0) is 12.6 Å². The third-order valence-corrected chi connectivity index (χ3v) is 3.88. The number of halogens is 3. The summed E-state index contributed by atoms with van der Waals surface area (Å²) in [6, 6.07) is 4.67. The highest BCUT2D eigenvalue weighted by molar-refractivity contribution is 5.57. The molecule has 2 rings (SSSR count). The zero-order valence-corrected chi connectivity index (χ0v) is 12.6. The van der Waals surface area contributed by atoms with Crippen molar-refractivity contribution in [3.63, 3.8) is 0 Å². The molecule has 1 aliphatic rings. The number of benzene rings is 1. The standard InChI is InChI=1S/C16H23F3N2/c1-11(2)21(10-13-3-4-13)15-6-5-12(7-8-20)9-14(15)16(17,18)19/h5-6,9,11,13H,3-4,7-8,10,20H2,1-2H3. The topological polar surface area (TPSA) is 29.3 Å². The second kappa shape index (κ2) is 6.26. The molecule has 0 spiro atoms. The second-order valence-corrected chi connectivity index (χ2v) is 6.08. The summed E-state index contributed by atoms with van der Waals surface area (Å²) in [4.78, 5) is 1.88. The fourth-order valence-corrected chi connectivity index (χ4v) is 2.55. The summed E-state index contributed by atoms with van der Waals surface area (Å²) in [6.45, 7) is 4.94. The van der Waals surface area contributed by atoms with Gasteiger partial charge in [-0.2, -0.15) is 13.2 Å². The molecule has 0 atom stereocenters. The molecule has 1 saturated carbocycles. The van der Waals surface area contributed by atoms with Crippen LogP contribution in [0, 0.1) is 5.92 Å². The molecule has 1 aliphatic carbocycles. The van der Waals surface area contributed by atoms with E-state index in [4.69, 9.17) is 5.73 Å². The summed E-state index contributed by atoms with van der Waals surface area (Å²) >= 11 is 0. The Balaban J connectivity index is 2.39. The first-order chi connectivity index (χ1) is 9.82. The van der Waals surface area contributed by atoms with E-state index in [-0.39, 0.29) is 6.04 Å². The van der Waals surface area contributed by atoms with Gasteiger partial charge in [-0.25, -0.2) is 0 Å². The van der Waals surface area contributed by atoms with Crippen LogP contribution in [0.25, 0.3) is 0 Å². The van der Waals surface area contributed by atoms with Gasteiger partial charge in [0.15, 0.2) is 0 Å². The predicted octanol–water partition coefficient (Wildman–Crippen LogP) is 3.83. The van der Waals surface area contributed by atoms with Gasteiger partial charge in [0, 0.05) is 18.3 Å². The summed E-state index contributed by atoms with van der Waals surface area (Å²) in [5, 5.41) is 0. The average Bonchev–Trinajstić information content (AvgIpc) is 3.19. The summed E-state index contributed by atoms with van der Waals surface area (Å²) < 4.78 is 40.2. The normalized spacial score (nSPS) is 15.6. The van der Waals surface area contributed by atoms with Crippen molar-refractivity contribution in [2.24, 2.45) is 11.7 Å². The molecule has 1 aromatic rings. The smallest absolute Gasteiger partial charge is 0.368 e. The molecule has 1 aromatic carbocycles. The minimum atomic E-state index is -4.34. The van der Waals surface area contributed by atoms with E-state index in [1.807, 2.05) is 18.7 Å². The molecule has 1 fully saturated rings. The fraction of sp³-hybridized carbons (Fsp3) is 0.625. The Bertz CT molecular complexity index is 479. The van der Waals surface area contributed by atoms with Crippen LogP contribution >= 0.6 is 0 Å². The summed E-state index contributed by atoms with van der Waals surface area (Å²) in [5.74, 6) is 0.539. The van der Waals surface area contributed by atoms with Crippen LogP contribution in [0.1, 0.15) is 37.8 Å². The lowest BCUT2D eigenvalue weighted by atomic mass is 10.0. The van der Waals surface area contributed by atoms with Crippen molar-refractivity contribution >= 4 is 5.69 Å². The zero-order chi connectivity index (χ0) is 15.6. The Hall–Kier alpha value is -1.23. The molecule has 0 radical (unpaired) electrons. The first-order valence-corrected chi connectivity index (χ1v) is 7.49. The molecule has 0 unspecified atom stereocenters. The Morgan fingerprint density at radius 2 is 1.95 bits per heavy atom. The van der Waals surface area contributed by atoms with Crippen molar-refractivity contribution < 1.29 is 13.2 Å². The summed E-state index contributed by atoms with van der Waals surface area (Å²) in [5.41, 5.74) is 5.85. The Labute approximate surface area is 124 Å². The van der Waals surface area contributed by atoms with Gasteiger partial charge < -0.3 is 10.6 Å². The van der Waals surface area contributed by atoms with Crippen LogP contribution in [0.15, 0.2) is 18.2 Å². The number of anilines is 1. The highest BCUT2D eigenvalue weighted by atomic mass is 19.4. The highest BCUT2D eigenvalue weighted by Gasteiger charge is 2.36. The van der Waals surface area contributed by atoms with Gasteiger partial charge in [0.1, 0.15) is 0 Å². The van der Waals surface area contributed by atoms with Gasteiger partial charge in [-0.3, -0.25) is 0 Å². The Morgan fingerprint density at radius 3 is 2.43 bits per heavy atom. The second-order valence-electron chi connectivity index (χ2n) is 6.08. The third kappa shape index (κ3) is 4.13. The van der Waals surface area contributed by atoms with Gasteiger partial charge in [0.05, 0.1) is 5.56 Å². The van der Waals surface area contributed by atoms with Gasteiger partial charge in [0.2, 0.25) is 0 Å². The van der Waals surface area contributed by atoms with E-state index in [0.29, 0.717) is 36.7 Å². The minimum absolute atomic E-state index is 0.0482. The van der Waals surface area contributed by atoms with E-state index < -0.39 is 11.7 Å². The van der Waals surface area contributed by atoms with Gasteiger partial charge in [-0.05, 0) is 63.3 Å². The first-order valence-electron chi connectivity index (χ1n) is 7.49. The maximum absolute atomic E-state index is 13.4. The molecule has 2 N–H and O–H groups in total. The molecule has 0 saturated heterocycles. The molecule has 118 valence electrons. The number of nitrogens with zero attached hydrogens (tertiary/aromatic N) is 1. The maximum atomic E-state index is 13.4. The quantitative estimate of drug-likeness (QED) is 0.865. The zero-order valence-electron chi connectivity index (χ0n) is 12.6. The molecular weight excluding hydrogens is 277 g/mol. The Morgan fingerprint density at radius 1 is 1.29 bits per heavy atom. The molecule has 0 heterocycles. The molecule has 0 amide bonds. The van der Waals surface area contributed by atoms with Crippen LogP contribution in [-0.4, -0.2) is 19.1 Å². The summed E-state index contributed by atoms with van der Waals surface area (Å²) in [6.07, 6.45) is -1.63. The van der Waals surface area contributed by atoms with Crippen LogP contribution in [0.4, 0.5) is 18.9 Å². The van der Waals surface area contributed by atoms with Gasteiger partial charge in [-0.1, -0.05) is 6.07 Å². The predicted molar refractivity (Wildman–Crippen MR) is 79.4 cm³/mol.